The van der Waals surface area contributed by atoms with Gasteiger partial charge in [-0.05, 0) is 35.5 Å². The Hall–Kier alpha value is -3.44. The molecule has 5 nitrogen and oxygen atoms in total. The molecule has 5 heteroatoms. The Morgan fingerprint density at radius 1 is 1.03 bits per heavy atom. The predicted molar refractivity (Wildman–Crippen MR) is 122 cm³/mol. The van der Waals surface area contributed by atoms with Crippen LogP contribution < -0.4 is 4.90 Å². The van der Waals surface area contributed by atoms with Gasteiger partial charge in [-0.1, -0.05) is 48.5 Å². The van der Waals surface area contributed by atoms with Gasteiger partial charge in [-0.25, -0.2) is 0 Å². The zero-order valence-electron chi connectivity index (χ0n) is 17.2. The molecule has 0 unspecified atom stereocenters. The Kier molecular flexibility index (Phi) is 4.81. The number of fused-ring (bicyclic) bond motifs is 2. The molecule has 0 aliphatic carbocycles. The second-order valence-electron chi connectivity index (χ2n) is 7.85. The summed E-state index contributed by atoms with van der Waals surface area (Å²) in [5, 5.41) is 7.64. The lowest BCUT2D eigenvalue weighted by Gasteiger charge is -2.33. The van der Waals surface area contributed by atoms with Gasteiger partial charge in [0.05, 0.1) is 18.9 Å². The van der Waals surface area contributed by atoms with E-state index in [1.807, 2.05) is 18.5 Å². The van der Waals surface area contributed by atoms with E-state index < -0.39 is 0 Å². The van der Waals surface area contributed by atoms with E-state index in [4.69, 9.17) is 5.10 Å². The van der Waals surface area contributed by atoms with Crippen LogP contribution >= 0.6 is 0 Å². The minimum absolute atomic E-state index is 0.720. The molecule has 0 spiro atoms. The van der Waals surface area contributed by atoms with Gasteiger partial charge in [-0.2, -0.15) is 5.10 Å². The minimum Gasteiger partial charge on any atom is -0.338 e. The van der Waals surface area contributed by atoms with Gasteiger partial charge in [0.25, 0.3) is 0 Å². The smallest absolute Gasteiger partial charge is 0.157 e. The van der Waals surface area contributed by atoms with Crippen molar-refractivity contribution in [2.24, 2.45) is 0 Å². The van der Waals surface area contributed by atoms with Crippen LogP contribution in [0.15, 0.2) is 79.6 Å². The molecule has 30 heavy (non-hydrogen) atoms. The molecule has 2 aromatic heterocycles. The molecule has 0 saturated heterocycles. The van der Waals surface area contributed by atoms with Crippen molar-refractivity contribution >= 4 is 16.6 Å². The van der Waals surface area contributed by atoms with E-state index >= 15 is 0 Å². The molecule has 2 aromatic carbocycles. The van der Waals surface area contributed by atoms with Crippen LogP contribution in [0.25, 0.3) is 22.0 Å². The highest BCUT2D eigenvalue weighted by molar-refractivity contribution is 5.85. The first-order valence-corrected chi connectivity index (χ1v) is 10.3. The number of aromatic nitrogens is 3. The van der Waals surface area contributed by atoms with Crippen LogP contribution in [0.5, 0.6) is 0 Å². The van der Waals surface area contributed by atoms with Crippen molar-refractivity contribution in [2.45, 2.75) is 13.1 Å². The van der Waals surface area contributed by atoms with Gasteiger partial charge in [0.1, 0.15) is 0 Å². The summed E-state index contributed by atoms with van der Waals surface area (Å²) >= 11 is 0. The molecule has 0 radical (unpaired) electrons. The van der Waals surface area contributed by atoms with Crippen LogP contribution in [-0.2, 0) is 13.1 Å². The highest BCUT2D eigenvalue weighted by atomic mass is 15.4. The fourth-order valence-corrected chi connectivity index (χ4v) is 4.40. The van der Waals surface area contributed by atoms with E-state index in [1.165, 1.54) is 27.6 Å². The molecular formula is C25H25N5. The topological polar surface area (TPSA) is 37.2 Å². The summed E-state index contributed by atoms with van der Waals surface area (Å²) in [5.41, 5.74) is 4.85. The lowest BCUT2D eigenvalue weighted by molar-refractivity contribution is 0.312. The zero-order chi connectivity index (χ0) is 20.5. The van der Waals surface area contributed by atoms with Crippen molar-refractivity contribution in [3.05, 3.63) is 90.8 Å². The van der Waals surface area contributed by atoms with Crippen molar-refractivity contribution in [2.75, 3.05) is 25.2 Å². The monoisotopic (exact) mass is 395 g/mol. The van der Waals surface area contributed by atoms with E-state index in [0.717, 1.165) is 37.7 Å². The van der Waals surface area contributed by atoms with Gasteiger partial charge in [-0.3, -0.25) is 14.6 Å². The van der Waals surface area contributed by atoms with Crippen LogP contribution in [-0.4, -0.2) is 39.9 Å². The van der Waals surface area contributed by atoms with Gasteiger partial charge >= 0.3 is 0 Å². The van der Waals surface area contributed by atoms with Crippen molar-refractivity contribution in [1.29, 1.82) is 0 Å². The first-order valence-electron chi connectivity index (χ1n) is 10.3. The number of anilines is 1. The van der Waals surface area contributed by atoms with Crippen LogP contribution in [0.2, 0.25) is 0 Å². The van der Waals surface area contributed by atoms with Crippen molar-refractivity contribution in [3.63, 3.8) is 0 Å². The maximum absolute atomic E-state index is 5.11. The van der Waals surface area contributed by atoms with E-state index in [9.17, 15) is 0 Å². The molecule has 0 bridgehead atoms. The first kappa shape index (κ1) is 18.6. The third-order valence-corrected chi connectivity index (χ3v) is 5.67. The summed E-state index contributed by atoms with van der Waals surface area (Å²) in [7, 11) is 2.15. The third-order valence-electron chi connectivity index (χ3n) is 5.67. The minimum atomic E-state index is 0.720. The standard InChI is InChI=1S/C25H25N5/c1-3-15-29-18-28(2)17-23-24(20-11-13-26-14-12-20)30(27-25(23)29)16-21-9-6-8-19-7-4-5-10-22(19)21/h3-14H,1,15-18H2,2H3. The lowest BCUT2D eigenvalue weighted by Crippen LogP contribution is -2.40. The van der Waals surface area contributed by atoms with Gasteiger partial charge in [0.2, 0.25) is 0 Å². The summed E-state index contributed by atoms with van der Waals surface area (Å²) in [5.74, 6) is 1.06. The largest absolute Gasteiger partial charge is 0.338 e. The average molecular weight is 396 g/mol. The third kappa shape index (κ3) is 3.27. The quantitative estimate of drug-likeness (QED) is 0.465. The molecule has 5 rings (SSSR count). The molecule has 0 fully saturated rings. The molecule has 3 heterocycles. The van der Waals surface area contributed by atoms with Gasteiger partial charge in [0.15, 0.2) is 5.82 Å². The van der Waals surface area contributed by atoms with Crippen molar-refractivity contribution < 1.29 is 0 Å². The fourth-order valence-electron chi connectivity index (χ4n) is 4.40. The molecule has 0 amide bonds. The lowest BCUT2D eigenvalue weighted by atomic mass is 10.0. The Balaban J connectivity index is 1.68. The Morgan fingerprint density at radius 3 is 2.67 bits per heavy atom. The van der Waals surface area contributed by atoms with Gasteiger partial charge in [0, 0.05) is 36.6 Å². The summed E-state index contributed by atoms with van der Waals surface area (Å²) in [6.45, 7) is 7.15. The second kappa shape index (κ2) is 7.76. The second-order valence-corrected chi connectivity index (χ2v) is 7.85. The van der Waals surface area contributed by atoms with Gasteiger partial charge in [-0.15, -0.1) is 6.58 Å². The Bertz CT molecular complexity index is 1190. The van der Waals surface area contributed by atoms with Crippen LogP contribution in [0.3, 0.4) is 0 Å². The van der Waals surface area contributed by atoms with Crippen molar-refractivity contribution in [1.82, 2.24) is 19.7 Å². The summed E-state index contributed by atoms with van der Waals surface area (Å²) in [6, 6.07) is 19.2. The van der Waals surface area contributed by atoms with E-state index in [2.05, 4.69) is 87.7 Å². The Labute approximate surface area is 176 Å². The number of pyridine rings is 1. The number of hydrogen-bond donors (Lipinski definition) is 0. The van der Waals surface area contributed by atoms with E-state index in [-0.39, 0.29) is 0 Å². The zero-order valence-corrected chi connectivity index (χ0v) is 17.2. The normalized spacial score (nSPS) is 14.1. The highest BCUT2D eigenvalue weighted by Crippen LogP contribution is 2.35. The molecule has 4 aromatic rings. The summed E-state index contributed by atoms with van der Waals surface area (Å²) < 4.78 is 2.16. The molecule has 150 valence electrons. The Morgan fingerprint density at radius 2 is 1.83 bits per heavy atom. The summed E-state index contributed by atoms with van der Waals surface area (Å²) in [6.07, 6.45) is 5.65. The highest BCUT2D eigenvalue weighted by Gasteiger charge is 2.28. The fraction of sp³-hybridized carbons (Fsp3) is 0.200. The van der Waals surface area contributed by atoms with Crippen molar-refractivity contribution in [3.8, 4) is 11.3 Å². The number of rotatable bonds is 5. The average Bonchev–Trinajstić information content (AvgIpc) is 3.13. The molecule has 0 saturated carbocycles. The molecule has 1 aliphatic rings. The SMILES string of the molecule is C=CCN1CN(C)Cc2c1nn(Cc1cccc3ccccc13)c2-c1ccncc1. The number of nitrogens with zero attached hydrogens (tertiary/aromatic N) is 5. The van der Waals surface area contributed by atoms with Gasteiger partial charge < -0.3 is 4.90 Å². The molecule has 1 aliphatic heterocycles. The molecule has 0 atom stereocenters. The van der Waals surface area contributed by atoms with E-state index in [1.54, 1.807) is 0 Å². The van der Waals surface area contributed by atoms with Crippen LogP contribution in [0.4, 0.5) is 5.82 Å². The summed E-state index contributed by atoms with van der Waals surface area (Å²) in [4.78, 5) is 8.83. The van der Waals surface area contributed by atoms with Crippen LogP contribution in [0, 0.1) is 0 Å². The first-order chi connectivity index (χ1) is 14.7. The number of hydrogen-bond acceptors (Lipinski definition) is 4. The number of benzene rings is 2. The van der Waals surface area contributed by atoms with E-state index in [0.29, 0.717) is 0 Å². The molecular weight excluding hydrogens is 370 g/mol. The van der Waals surface area contributed by atoms with Crippen LogP contribution in [0.1, 0.15) is 11.1 Å². The molecule has 0 N–H and O–H groups in total. The maximum Gasteiger partial charge on any atom is 0.157 e. The predicted octanol–water partition coefficient (Wildman–Crippen LogP) is 4.54. The maximum atomic E-state index is 5.11.